The van der Waals surface area contributed by atoms with Gasteiger partial charge in [0.1, 0.15) is 11.5 Å². The Morgan fingerprint density at radius 3 is 2.57 bits per heavy atom. The number of pyridine rings is 1. The minimum Gasteiger partial charge on any atom is -0.497 e. The van der Waals surface area contributed by atoms with E-state index in [9.17, 15) is 4.79 Å². The van der Waals surface area contributed by atoms with E-state index in [4.69, 9.17) is 9.47 Å². The highest BCUT2D eigenvalue weighted by Crippen LogP contribution is 2.28. The van der Waals surface area contributed by atoms with Gasteiger partial charge in [0.15, 0.2) is 0 Å². The molecule has 21 heavy (non-hydrogen) atoms. The highest BCUT2D eigenvalue weighted by Gasteiger charge is 2.07. The van der Waals surface area contributed by atoms with E-state index in [0.717, 1.165) is 5.56 Å². The van der Waals surface area contributed by atoms with Gasteiger partial charge in [0.2, 0.25) is 5.91 Å². The lowest BCUT2D eigenvalue weighted by atomic mass is 10.2. The second-order valence-corrected chi connectivity index (χ2v) is 4.17. The number of anilines is 1. The van der Waals surface area contributed by atoms with Gasteiger partial charge in [-0.25, -0.2) is 0 Å². The molecule has 0 aliphatic heterocycles. The molecule has 1 N–H and O–H groups in total. The maximum Gasteiger partial charge on any atom is 0.248 e. The summed E-state index contributed by atoms with van der Waals surface area (Å²) in [6.45, 7) is 0. The molecule has 0 saturated heterocycles. The maximum absolute atomic E-state index is 11.9. The lowest BCUT2D eigenvalue weighted by Gasteiger charge is -2.10. The van der Waals surface area contributed by atoms with Crippen molar-refractivity contribution < 1.29 is 14.3 Å². The molecular weight excluding hydrogens is 268 g/mol. The number of benzene rings is 1. The fourth-order valence-electron chi connectivity index (χ4n) is 1.73. The van der Waals surface area contributed by atoms with Crippen LogP contribution in [0.4, 0.5) is 5.69 Å². The number of ether oxygens (including phenoxy) is 2. The zero-order chi connectivity index (χ0) is 15.1. The quantitative estimate of drug-likeness (QED) is 0.858. The number of nitrogens with zero attached hydrogens (tertiary/aromatic N) is 1. The molecule has 0 saturated carbocycles. The third kappa shape index (κ3) is 4.07. The van der Waals surface area contributed by atoms with E-state index < -0.39 is 0 Å². The zero-order valence-electron chi connectivity index (χ0n) is 11.9. The number of rotatable bonds is 5. The fraction of sp³-hybridized carbons (Fsp3) is 0.125. The van der Waals surface area contributed by atoms with Crippen molar-refractivity contribution >= 4 is 17.7 Å². The van der Waals surface area contributed by atoms with E-state index in [-0.39, 0.29) is 5.91 Å². The topological polar surface area (TPSA) is 60.5 Å². The molecule has 2 rings (SSSR count). The monoisotopic (exact) mass is 284 g/mol. The van der Waals surface area contributed by atoms with E-state index in [2.05, 4.69) is 10.3 Å². The number of carbonyl (C=O) groups excluding carboxylic acids is 1. The Hall–Kier alpha value is -2.82. The van der Waals surface area contributed by atoms with Crippen molar-refractivity contribution in [3.05, 3.63) is 54.4 Å². The molecule has 0 unspecified atom stereocenters. The third-order valence-corrected chi connectivity index (χ3v) is 2.80. The Kier molecular flexibility index (Phi) is 4.93. The molecule has 0 aliphatic rings. The lowest BCUT2D eigenvalue weighted by Crippen LogP contribution is -2.09. The molecule has 0 atom stereocenters. The first-order chi connectivity index (χ1) is 10.2. The Morgan fingerprint density at radius 1 is 1.14 bits per heavy atom. The van der Waals surface area contributed by atoms with E-state index in [1.165, 1.54) is 6.08 Å². The summed E-state index contributed by atoms with van der Waals surface area (Å²) in [5.41, 5.74) is 1.46. The molecule has 1 aromatic heterocycles. The van der Waals surface area contributed by atoms with Crippen molar-refractivity contribution in [1.82, 2.24) is 4.98 Å². The van der Waals surface area contributed by atoms with Crippen LogP contribution in [0.15, 0.2) is 48.8 Å². The summed E-state index contributed by atoms with van der Waals surface area (Å²) in [5, 5.41) is 2.76. The highest BCUT2D eigenvalue weighted by molar-refractivity contribution is 6.02. The van der Waals surface area contributed by atoms with Gasteiger partial charge in [0.05, 0.1) is 19.9 Å². The molecule has 1 aromatic carbocycles. The van der Waals surface area contributed by atoms with Crippen molar-refractivity contribution in [3.63, 3.8) is 0 Å². The van der Waals surface area contributed by atoms with Crippen molar-refractivity contribution in [1.29, 1.82) is 0 Å². The fourth-order valence-corrected chi connectivity index (χ4v) is 1.73. The van der Waals surface area contributed by atoms with Crippen LogP contribution in [0.1, 0.15) is 5.56 Å². The van der Waals surface area contributed by atoms with Gasteiger partial charge in [-0.15, -0.1) is 0 Å². The SMILES string of the molecule is COc1ccc(OC)c(NC(=O)/C=C/c2ccncc2)c1. The smallest absolute Gasteiger partial charge is 0.248 e. The van der Waals surface area contributed by atoms with E-state index in [1.54, 1.807) is 50.9 Å². The highest BCUT2D eigenvalue weighted by atomic mass is 16.5. The molecule has 5 nitrogen and oxygen atoms in total. The molecule has 2 aromatic rings. The number of methoxy groups -OCH3 is 2. The molecule has 0 aliphatic carbocycles. The Labute approximate surface area is 123 Å². The van der Waals surface area contributed by atoms with Crippen LogP contribution in [0.5, 0.6) is 11.5 Å². The molecule has 1 amide bonds. The maximum atomic E-state index is 11.9. The van der Waals surface area contributed by atoms with E-state index in [1.807, 2.05) is 12.1 Å². The number of nitrogens with one attached hydrogen (secondary N) is 1. The average molecular weight is 284 g/mol. The molecule has 5 heteroatoms. The van der Waals surface area contributed by atoms with Gasteiger partial charge in [-0.2, -0.15) is 0 Å². The predicted molar refractivity (Wildman–Crippen MR) is 81.4 cm³/mol. The molecule has 1 heterocycles. The minimum atomic E-state index is -0.252. The summed E-state index contributed by atoms with van der Waals surface area (Å²) in [4.78, 5) is 15.9. The summed E-state index contributed by atoms with van der Waals surface area (Å²) in [6.07, 6.45) is 6.50. The van der Waals surface area contributed by atoms with Crippen LogP contribution in [-0.4, -0.2) is 25.1 Å². The van der Waals surface area contributed by atoms with Gasteiger partial charge < -0.3 is 14.8 Å². The van der Waals surface area contributed by atoms with Crippen LogP contribution in [0.25, 0.3) is 6.08 Å². The largest absolute Gasteiger partial charge is 0.497 e. The van der Waals surface area contributed by atoms with Crippen LogP contribution in [0, 0.1) is 0 Å². The average Bonchev–Trinajstić information content (AvgIpc) is 2.54. The Morgan fingerprint density at radius 2 is 1.90 bits per heavy atom. The number of aromatic nitrogens is 1. The van der Waals surface area contributed by atoms with Crippen molar-refractivity contribution in [2.75, 3.05) is 19.5 Å². The Balaban J connectivity index is 2.10. The molecule has 108 valence electrons. The van der Waals surface area contributed by atoms with Gasteiger partial charge in [0, 0.05) is 24.5 Å². The number of hydrogen-bond donors (Lipinski definition) is 1. The van der Waals surface area contributed by atoms with Gasteiger partial charge >= 0.3 is 0 Å². The standard InChI is InChI=1S/C16H16N2O3/c1-20-13-4-5-15(21-2)14(11-13)18-16(19)6-3-12-7-9-17-10-8-12/h3-11H,1-2H3,(H,18,19)/b6-3+. The van der Waals surface area contributed by atoms with Crippen molar-refractivity contribution in [2.45, 2.75) is 0 Å². The zero-order valence-corrected chi connectivity index (χ0v) is 11.9. The summed E-state index contributed by atoms with van der Waals surface area (Å²) in [6, 6.07) is 8.84. The number of carbonyl (C=O) groups is 1. The third-order valence-electron chi connectivity index (χ3n) is 2.80. The van der Waals surface area contributed by atoms with Crippen LogP contribution >= 0.6 is 0 Å². The Bertz CT molecular complexity index is 639. The number of hydrogen-bond acceptors (Lipinski definition) is 4. The van der Waals surface area contributed by atoms with Crippen LogP contribution in [0.3, 0.4) is 0 Å². The summed E-state index contributed by atoms with van der Waals surface area (Å²) >= 11 is 0. The van der Waals surface area contributed by atoms with Crippen LogP contribution in [0.2, 0.25) is 0 Å². The summed E-state index contributed by atoms with van der Waals surface area (Å²) < 4.78 is 10.3. The first kappa shape index (κ1) is 14.6. The molecule has 0 spiro atoms. The second kappa shape index (κ2) is 7.09. The molecule has 0 fully saturated rings. The molecule has 0 radical (unpaired) electrons. The first-order valence-corrected chi connectivity index (χ1v) is 6.34. The van der Waals surface area contributed by atoms with Crippen LogP contribution < -0.4 is 14.8 Å². The van der Waals surface area contributed by atoms with Crippen molar-refractivity contribution in [2.24, 2.45) is 0 Å². The van der Waals surface area contributed by atoms with Gasteiger partial charge in [-0.3, -0.25) is 9.78 Å². The van der Waals surface area contributed by atoms with Gasteiger partial charge in [0.25, 0.3) is 0 Å². The minimum absolute atomic E-state index is 0.252. The summed E-state index contributed by atoms with van der Waals surface area (Å²) in [7, 11) is 3.11. The summed E-state index contributed by atoms with van der Waals surface area (Å²) in [5.74, 6) is 0.962. The van der Waals surface area contributed by atoms with Gasteiger partial charge in [-0.05, 0) is 35.9 Å². The molecule has 0 bridgehead atoms. The van der Waals surface area contributed by atoms with Crippen LogP contribution in [-0.2, 0) is 4.79 Å². The van der Waals surface area contributed by atoms with Gasteiger partial charge in [-0.1, -0.05) is 0 Å². The predicted octanol–water partition coefficient (Wildman–Crippen LogP) is 2.75. The van der Waals surface area contributed by atoms with E-state index >= 15 is 0 Å². The first-order valence-electron chi connectivity index (χ1n) is 6.34. The normalized spacial score (nSPS) is 10.4. The number of amides is 1. The lowest BCUT2D eigenvalue weighted by molar-refractivity contribution is -0.111. The molecular formula is C16H16N2O3. The van der Waals surface area contributed by atoms with E-state index in [0.29, 0.717) is 17.2 Å². The van der Waals surface area contributed by atoms with Crippen molar-refractivity contribution in [3.8, 4) is 11.5 Å². The second-order valence-electron chi connectivity index (χ2n) is 4.17.